The van der Waals surface area contributed by atoms with E-state index in [0.29, 0.717) is 32.2 Å². The fourth-order valence-electron chi connectivity index (χ4n) is 4.94. The lowest BCUT2D eigenvalue weighted by atomic mass is 10.1. The molecule has 1 aromatic heterocycles. The van der Waals surface area contributed by atoms with Crippen molar-refractivity contribution in [1.29, 1.82) is 0 Å². The molecule has 0 spiro atoms. The summed E-state index contributed by atoms with van der Waals surface area (Å²) >= 11 is 0. The summed E-state index contributed by atoms with van der Waals surface area (Å²) in [5.74, 6) is 1.56. The van der Waals surface area contributed by atoms with Crippen LogP contribution in [0.25, 0.3) is 0 Å². The van der Waals surface area contributed by atoms with E-state index < -0.39 is 0 Å². The van der Waals surface area contributed by atoms with E-state index in [1.54, 1.807) is 0 Å². The van der Waals surface area contributed by atoms with E-state index in [0.717, 1.165) is 55.3 Å². The van der Waals surface area contributed by atoms with Crippen molar-refractivity contribution in [2.24, 2.45) is 5.92 Å². The van der Waals surface area contributed by atoms with Gasteiger partial charge < -0.3 is 24.3 Å². The Balaban J connectivity index is 1.31. The molecule has 0 bridgehead atoms. The van der Waals surface area contributed by atoms with Gasteiger partial charge in [0.25, 0.3) is 5.91 Å². The summed E-state index contributed by atoms with van der Waals surface area (Å²) in [4.78, 5) is 22.1. The minimum atomic E-state index is 0.106. The van der Waals surface area contributed by atoms with Crippen LogP contribution in [0.3, 0.4) is 0 Å². The van der Waals surface area contributed by atoms with Crippen molar-refractivity contribution in [3.05, 3.63) is 72.1 Å². The SMILES string of the molecule is CCOc1cccc(Cn2cc(N3CCN(C(=O)c4ccc(N(CCN(C)C)CC(C)C)cc4)CC3)cn2)c1. The lowest BCUT2D eigenvalue weighted by Crippen LogP contribution is -2.48. The highest BCUT2D eigenvalue weighted by Crippen LogP contribution is 2.21. The Bertz CT molecular complexity index is 1180. The molecule has 1 saturated heterocycles. The molecule has 8 heteroatoms. The maximum absolute atomic E-state index is 13.3. The van der Waals surface area contributed by atoms with Gasteiger partial charge in [-0.1, -0.05) is 26.0 Å². The second-order valence-corrected chi connectivity index (χ2v) is 10.9. The van der Waals surface area contributed by atoms with Crippen molar-refractivity contribution in [3.63, 3.8) is 0 Å². The highest BCUT2D eigenvalue weighted by molar-refractivity contribution is 5.94. The van der Waals surface area contributed by atoms with E-state index >= 15 is 0 Å². The number of carbonyl (C=O) groups is 1. The number of ether oxygens (including phenoxy) is 1. The first kappa shape index (κ1) is 28.5. The minimum Gasteiger partial charge on any atom is -0.494 e. The third-order valence-corrected chi connectivity index (χ3v) is 6.99. The lowest BCUT2D eigenvalue weighted by Gasteiger charge is -2.35. The van der Waals surface area contributed by atoms with Crippen molar-refractivity contribution < 1.29 is 9.53 Å². The number of nitrogens with zero attached hydrogens (tertiary/aromatic N) is 6. The number of amides is 1. The van der Waals surface area contributed by atoms with Gasteiger partial charge in [0, 0.05) is 63.3 Å². The predicted octanol–water partition coefficient (Wildman–Crippen LogP) is 4.32. The van der Waals surface area contributed by atoms with E-state index in [2.05, 4.69) is 78.2 Å². The number of rotatable bonds is 12. The molecule has 3 aromatic rings. The first-order valence-electron chi connectivity index (χ1n) is 14.1. The first-order chi connectivity index (χ1) is 18.8. The molecule has 0 aliphatic carbocycles. The maximum Gasteiger partial charge on any atom is 0.253 e. The van der Waals surface area contributed by atoms with E-state index in [4.69, 9.17) is 4.74 Å². The van der Waals surface area contributed by atoms with Crippen LogP contribution >= 0.6 is 0 Å². The van der Waals surface area contributed by atoms with Gasteiger partial charge in [-0.05, 0) is 68.9 Å². The molecule has 0 saturated carbocycles. The molecule has 0 radical (unpaired) electrons. The molecule has 39 heavy (non-hydrogen) atoms. The second-order valence-electron chi connectivity index (χ2n) is 10.9. The normalized spacial score (nSPS) is 13.8. The Morgan fingerprint density at radius 3 is 2.44 bits per heavy atom. The average Bonchev–Trinajstić information content (AvgIpc) is 3.39. The average molecular weight is 533 g/mol. The summed E-state index contributed by atoms with van der Waals surface area (Å²) < 4.78 is 7.58. The molecule has 1 aliphatic rings. The smallest absolute Gasteiger partial charge is 0.253 e. The Morgan fingerprint density at radius 2 is 1.77 bits per heavy atom. The van der Waals surface area contributed by atoms with Gasteiger partial charge >= 0.3 is 0 Å². The van der Waals surface area contributed by atoms with Crippen LogP contribution in [0.15, 0.2) is 60.9 Å². The number of hydrogen-bond donors (Lipinski definition) is 0. The van der Waals surface area contributed by atoms with Crippen LogP contribution in [0, 0.1) is 5.92 Å². The van der Waals surface area contributed by atoms with Crippen molar-refractivity contribution in [3.8, 4) is 5.75 Å². The van der Waals surface area contributed by atoms with Gasteiger partial charge in [0.2, 0.25) is 0 Å². The molecule has 0 unspecified atom stereocenters. The van der Waals surface area contributed by atoms with Gasteiger partial charge in [0.1, 0.15) is 5.75 Å². The fourth-order valence-corrected chi connectivity index (χ4v) is 4.94. The molecular weight excluding hydrogens is 488 g/mol. The number of hydrogen-bond acceptors (Lipinski definition) is 6. The quantitative estimate of drug-likeness (QED) is 0.346. The summed E-state index contributed by atoms with van der Waals surface area (Å²) in [6.45, 7) is 13.8. The number of benzene rings is 2. The zero-order chi connectivity index (χ0) is 27.8. The third-order valence-electron chi connectivity index (χ3n) is 6.99. The van der Waals surface area contributed by atoms with E-state index in [1.165, 1.54) is 5.69 Å². The Kier molecular flexibility index (Phi) is 9.87. The summed E-state index contributed by atoms with van der Waals surface area (Å²) in [6, 6.07) is 16.3. The van der Waals surface area contributed by atoms with E-state index in [1.807, 2.05) is 47.0 Å². The highest BCUT2D eigenvalue weighted by Gasteiger charge is 2.23. The predicted molar refractivity (Wildman–Crippen MR) is 159 cm³/mol. The van der Waals surface area contributed by atoms with Crippen molar-refractivity contribution in [2.75, 3.05) is 76.3 Å². The van der Waals surface area contributed by atoms with Gasteiger partial charge in [0.15, 0.2) is 0 Å². The largest absolute Gasteiger partial charge is 0.494 e. The van der Waals surface area contributed by atoms with Gasteiger partial charge in [-0.25, -0.2) is 0 Å². The molecule has 1 aliphatic heterocycles. The molecule has 8 nitrogen and oxygen atoms in total. The molecule has 4 rings (SSSR count). The number of anilines is 2. The lowest BCUT2D eigenvalue weighted by molar-refractivity contribution is 0.0747. The van der Waals surface area contributed by atoms with Crippen LogP contribution in [-0.4, -0.2) is 92.0 Å². The van der Waals surface area contributed by atoms with Gasteiger partial charge in [-0.3, -0.25) is 9.48 Å². The van der Waals surface area contributed by atoms with Gasteiger partial charge in [-0.2, -0.15) is 5.10 Å². The molecule has 2 aromatic carbocycles. The van der Waals surface area contributed by atoms with Crippen LogP contribution in [-0.2, 0) is 6.54 Å². The Hall–Kier alpha value is -3.52. The maximum atomic E-state index is 13.3. The Morgan fingerprint density at radius 1 is 1.03 bits per heavy atom. The monoisotopic (exact) mass is 532 g/mol. The van der Waals surface area contributed by atoms with Crippen molar-refractivity contribution in [1.82, 2.24) is 19.6 Å². The summed E-state index contributed by atoms with van der Waals surface area (Å²) in [6.07, 6.45) is 4.00. The fraction of sp³-hybridized carbons (Fsp3) is 0.484. The van der Waals surface area contributed by atoms with Crippen LogP contribution < -0.4 is 14.5 Å². The number of aromatic nitrogens is 2. The molecule has 1 fully saturated rings. The number of likely N-dealkylation sites (N-methyl/N-ethyl adjacent to an activating group) is 1. The van der Waals surface area contributed by atoms with Gasteiger partial charge in [0.05, 0.1) is 25.0 Å². The van der Waals surface area contributed by atoms with Crippen LogP contribution in [0.2, 0.25) is 0 Å². The molecule has 0 atom stereocenters. The van der Waals surface area contributed by atoms with Crippen LogP contribution in [0.4, 0.5) is 11.4 Å². The van der Waals surface area contributed by atoms with E-state index in [9.17, 15) is 4.79 Å². The molecule has 2 heterocycles. The molecular formula is C31H44N6O2. The third kappa shape index (κ3) is 7.99. The van der Waals surface area contributed by atoms with Crippen LogP contribution in [0.1, 0.15) is 36.7 Å². The summed E-state index contributed by atoms with van der Waals surface area (Å²) in [5, 5.41) is 4.57. The zero-order valence-corrected chi connectivity index (χ0v) is 24.2. The summed E-state index contributed by atoms with van der Waals surface area (Å²) in [5.41, 5.74) is 4.18. The standard InChI is InChI=1S/C31H44N6O2/c1-6-39-30-9-7-8-26(20-30)23-37-24-29(21-32-37)34-16-18-35(19-17-34)31(38)27-10-12-28(13-11-27)36(22-25(2)3)15-14-33(4)5/h7-13,20-21,24-25H,6,14-19,22-23H2,1-5H3. The Labute approximate surface area is 233 Å². The second kappa shape index (κ2) is 13.5. The highest BCUT2D eigenvalue weighted by atomic mass is 16.5. The molecule has 0 N–H and O–H groups in total. The van der Waals surface area contributed by atoms with Crippen LogP contribution in [0.5, 0.6) is 5.75 Å². The van der Waals surface area contributed by atoms with Crippen molar-refractivity contribution >= 4 is 17.3 Å². The number of piperazine rings is 1. The summed E-state index contributed by atoms with van der Waals surface area (Å²) in [7, 11) is 4.20. The first-order valence-corrected chi connectivity index (χ1v) is 14.1. The minimum absolute atomic E-state index is 0.106. The zero-order valence-electron chi connectivity index (χ0n) is 24.2. The number of carbonyl (C=O) groups excluding carboxylic acids is 1. The topological polar surface area (TPSA) is 57.1 Å². The molecule has 1 amide bonds. The van der Waals surface area contributed by atoms with Crippen molar-refractivity contribution in [2.45, 2.75) is 27.3 Å². The van der Waals surface area contributed by atoms with Gasteiger partial charge in [-0.15, -0.1) is 0 Å². The van der Waals surface area contributed by atoms with E-state index in [-0.39, 0.29) is 5.91 Å². The molecule has 210 valence electrons.